The van der Waals surface area contributed by atoms with Crippen molar-refractivity contribution in [3.8, 4) is 0 Å². The minimum Gasteiger partial charge on any atom is -0.355 e. The molecule has 1 unspecified atom stereocenters. The van der Waals surface area contributed by atoms with E-state index in [0.717, 1.165) is 32.5 Å². The molecule has 1 aliphatic heterocycles. The highest BCUT2D eigenvalue weighted by Gasteiger charge is 2.17. The lowest BCUT2D eigenvalue weighted by atomic mass is 10.1. The quantitative estimate of drug-likeness (QED) is 0.789. The molecule has 1 fully saturated rings. The van der Waals surface area contributed by atoms with E-state index in [0.29, 0.717) is 12.5 Å². The molecule has 5 nitrogen and oxygen atoms in total. The monoisotopic (exact) mass is 236 g/mol. The Kier molecular flexibility index (Phi) is 4.14. The maximum atomic E-state index is 11.0. The summed E-state index contributed by atoms with van der Waals surface area (Å²) in [5.41, 5.74) is 1.21. The highest BCUT2D eigenvalue weighted by Crippen LogP contribution is 2.05. The second kappa shape index (κ2) is 5.82. The average Bonchev–Trinajstić information content (AvgIpc) is 2.77. The van der Waals surface area contributed by atoms with Crippen LogP contribution in [0.1, 0.15) is 31.9 Å². The standard InChI is InChI=1S/C12H20N4O/c1-2-5-16-9-13-7-11(16)8-14-10-3-4-12(17)15-6-10/h7,9-10,14H,2-6,8H2,1H3,(H,15,17). The van der Waals surface area contributed by atoms with Gasteiger partial charge in [0.25, 0.3) is 0 Å². The summed E-state index contributed by atoms with van der Waals surface area (Å²) in [6.07, 6.45) is 6.45. The average molecular weight is 236 g/mol. The molecule has 2 rings (SSSR count). The number of nitrogens with zero attached hydrogens (tertiary/aromatic N) is 2. The molecule has 0 saturated carbocycles. The van der Waals surface area contributed by atoms with Crippen LogP contribution >= 0.6 is 0 Å². The predicted octanol–water partition coefficient (Wildman–Crippen LogP) is 0.661. The van der Waals surface area contributed by atoms with Gasteiger partial charge in [0.2, 0.25) is 5.91 Å². The number of carbonyl (C=O) groups excluding carboxylic acids is 1. The maximum absolute atomic E-state index is 11.0. The number of aromatic nitrogens is 2. The van der Waals surface area contributed by atoms with Gasteiger partial charge < -0.3 is 15.2 Å². The van der Waals surface area contributed by atoms with E-state index in [-0.39, 0.29) is 5.91 Å². The van der Waals surface area contributed by atoms with Crippen LogP contribution < -0.4 is 10.6 Å². The third-order valence-corrected chi connectivity index (χ3v) is 3.10. The van der Waals surface area contributed by atoms with Crippen LogP contribution in [0.25, 0.3) is 0 Å². The molecule has 5 heteroatoms. The van der Waals surface area contributed by atoms with Crippen molar-refractivity contribution >= 4 is 5.91 Å². The number of amides is 1. The Balaban J connectivity index is 1.81. The van der Waals surface area contributed by atoms with E-state index >= 15 is 0 Å². The first-order valence-electron chi connectivity index (χ1n) is 6.28. The number of piperidine rings is 1. The minimum absolute atomic E-state index is 0.166. The fourth-order valence-corrected chi connectivity index (χ4v) is 2.09. The van der Waals surface area contributed by atoms with Crippen molar-refractivity contribution in [3.05, 3.63) is 18.2 Å². The van der Waals surface area contributed by atoms with Gasteiger partial charge >= 0.3 is 0 Å². The summed E-state index contributed by atoms with van der Waals surface area (Å²) < 4.78 is 2.18. The lowest BCUT2D eigenvalue weighted by Gasteiger charge is -2.23. The van der Waals surface area contributed by atoms with Gasteiger partial charge in [0.05, 0.1) is 12.0 Å². The van der Waals surface area contributed by atoms with Crippen LogP contribution in [-0.2, 0) is 17.9 Å². The Morgan fingerprint density at radius 3 is 3.24 bits per heavy atom. The van der Waals surface area contributed by atoms with Crippen molar-refractivity contribution in [1.82, 2.24) is 20.2 Å². The Bertz CT molecular complexity index is 364. The second-order valence-corrected chi connectivity index (χ2v) is 4.50. The molecule has 1 aromatic rings. The van der Waals surface area contributed by atoms with E-state index in [2.05, 4.69) is 27.1 Å². The zero-order chi connectivity index (χ0) is 12.1. The van der Waals surface area contributed by atoms with E-state index in [1.807, 2.05) is 12.5 Å². The molecule has 1 amide bonds. The number of hydrogen-bond acceptors (Lipinski definition) is 3. The molecule has 17 heavy (non-hydrogen) atoms. The third kappa shape index (κ3) is 3.30. The largest absolute Gasteiger partial charge is 0.355 e. The number of imidazole rings is 1. The van der Waals surface area contributed by atoms with E-state index in [1.165, 1.54) is 5.69 Å². The summed E-state index contributed by atoms with van der Waals surface area (Å²) in [6.45, 7) is 4.73. The smallest absolute Gasteiger partial charge is 0.220 e. The Morgan fingerprint density at radius 2 is 2.53 bits per heavy atom. The first-order valence-corrected chi connectivity index (χ1v) is 6.28. The molecule has 1 atom stereocenters. The van der Waals surface area contributed by atoms with Gasteiger partial charge in [0.15, 0.2) is 0 Å². The van der Waals surface area contributed by atoms with Gasteiger partial charge in [-0.3, -0.25) is 4.79 Å². The Morgan fingerprint density at radius 1 is 1.65 bits per heavy atom. The first-order chi connectivity index (χ1) is 8.29. The molecule has 0 radical (unpaired) electrons. The van der Waals surface area contributed by atoms with Crippen LogP contribution in [0.2, 0.25) is 0 Å². The molecule has 0 aromatic carbocycles. The highest BCUT2D eigenvalue weighted by atomic mass is 16.1. The van der Waals surface area contributed by atoms with Crippen molar-refractivity contribution in [1.29, 1.82) is 0 Å². The summed E-state index contributed by atoms with van der Waals surface area (Å²) in [6, 6.07) is 0.387. The molecule has 1 saturated heterocycles. The molecule has 0 aliphatic carbocycles. The normalized spacial score (nSPS) is 20.3. The van der Waals surface area contributed by atoms with Gasteiger partial charge in [0.1, 0.15) is 0 Å². The van der Waals surface area contributed by atoms with Crippen molar-refractivity contribution in [3.63, 3.8) is 0 Å². The van der Waals surface area contributed by atoms with Crippen LogP contribution in [0.4, 0.5) is 0 Å². The van der Waals surface area contributed by atoms with Gasteiger partial charge in [0, 0.05) is 38.3 Å². The van der Waals surface area contributed by atoms with Gasteiger partial charge in [-0.2, -0.15) is 0 Å². The van der Waals surface area contributed by atoms with E-state index in [1.54, 1.807) is 0 Å². The number of rotatable bonds is 5. The lowest BCUT2D eigenvalue weighted by Crippen LogP contribution is -2.45. The Labute approximate surface area is 102 Å². The zero-order valence-corrected chi connectivity index (χ0v) is 10.3. The van der Waals surface area contributed by atoms with Gasteiger partial charge in [-0.05, 0) is 12.8 Å². The van der Waals surface area contributed by atoms with Crippen molar-refractivity contribution in [2.75, 3.05) is 6.54 Å². The number of carbonyl (C=O) groups is 1. The topological polar surface area (TPSA) is 59.0 Å². The number of hydrogen-bond donors (Lipinski definition) is 2. The predicted molar refractivity (Wildman–Crippen MR) is 65.4 cm³/mol. The van der Waals surface area contributed by atoms with Crippen LogP contribution in [0.3, 0.4) is 0 Å². The minimum atomic E-state index is 0.166. The molecule has 0 spiro atoms. The van der Waals surface area contributed by atoms with Gasteiger partial charge in [-0.15, -0.1) is 0 Å². The van der Waals surface area contributed by atoms with Gasteiger partial charge in [-0.25, -0.2) is 4.98 Å². The summed E-state index contributed by atoms with van der Waals surface area (Å²) in [7, 11) is 0. The van der Waals surface area contributed by atoms with Crippen molar-refractivity contribution in [2.24, 2.45) is 0 Å². The van der Waals surface area contributed by atoms with Crippen LogP contribution in [0, 0.1) is 0 Å². The molecule has 2 N–H and O–H groups in total. The van der Waals surface area contributed by atoms with Gasteiger partial charge in [-0.1, -0.05) is 6.92 Å². The SMILES string of the molecule is CCCn1cncc1CNC1CCC(=O)NC1. The molecule has 1 aromatic heterocycles. The molecular weight excluding hydrogens is 216 g/mol. The van der Waals surface area contributed by atoms with E-state index in [9.17, 15) is 4.79 Å². The fourth-order valence-electron chi connectivity index (χ4n) is 2.09. The summed E-state index contributed by atoms with van der Waals surface area (Å²) in [5, 5.41) is 6.35. The van der Waals surface area contributed by atoms with E-state index < -0.39 is 0 Å². The lowest BCUT2D eigenvalue weighted by molar-refractivity contribution is -0.122. The summed E-state index contributed by atoms with van der Waals surface area (Å²) in [5.74, 6) is 0.166. The van der Waals surface area contributed by atoms with Crippen molar-refractivity contribution < 1.29 is 4.79 Å². The summed E-state index contributed by atoms with van der Waals surface area (Å²) in [4.78, 5) is 15.2. The third-order valence-electron chi connectivity index (χ3n) is 3.10. The second-order valence-electron chi connectivity index (χ2n) is 4.50. The van der Waals surface area contributed by atoms with Crippen molar-refractivity contribution in [2.45, 2.75) is 45.3 Å². The maximum Gasteiger partial charge on any atom is 0.220 e. The van der Waals surface area contributed by atoms with Crippen LogP contribution in [-0.4, -0.2) is 28.0 Å². The molecule has 1 aliphatic rings. The summed E-state index contributed by atoms with van der Waals surface area (Å²) >= 11 is 0. The van der Waals surface area contributed by atoms with Crippen LogP contribution in [0.15, 0.2) is 12.5 Å². The zero-order valence-electron chi connectivity index (χ0n) is 10.3. The number of aryl methyl sites for hydroxylation is 1. The molecular formula is C12H20N4O. The first kappa shape index (κ1) is 12.1. The highest BCUT2D eigenvalue weighted by molar-refractivity contribution is 5.76. The molecule has 2 heterocycles. The van der Waals surface area contributed by atoms with E-state index in [4.69, 9.17) is 0 Å². The number of nitrogens with one attached hydrogen (secondary N) is 2. The molecule has 94 valence electrons. The van der Waals surface area contributed by atoms with Crippen LogP contribution in [0.5, 0.6) is 0 Å². The fraction of sp³-hybridized carbons (Fsp3) is 0.667. The molecule has 0 bridgehead atoms. The Hall–Kier alpha value is -1.36.